The number of aromatic carboxylic acids is 1. The Bertz CT molecular complexity index is 1020. The van der Waals surface area contributed by atoms with Crippen LogP contribution in [0.25, 0.3) is 0 Å². The average Bonchev–Trinajstić information content (AvgIpc) is 2.69. The van der Waals surface area contributed by atoms with Gasteiger partial charge in [-0.15, -0.1) is 0 Å². The van der Waals surface area contributed by atoms with Gasteiger partial charge in [0, 0.05) is 19.8 Å². The monoisotopic (exact) mass is 428 g/mol. The number of rotatable bonds is 7. The van der Waals surface area contributed by atoms with Crippen molar-refractivity contribution in [1.29, 1.82) is 0 Å². The predicted molar refractivity (Wildman–Crippen MR) is 121 cm³/mol. The molecule has 3 aromatic rings. The van der Waals surface area contributed by atoms with Crippen molar-refractivity contribution in [1.82, 2.24) is 0 Å². The molecule has 0 bridgehead atoms. The Balaban J connectivity index is 1.74. The van der Waals surface area contributed by atoms with Gasteiger partial charge in [0.1, 0.15) is 0 Å². The molecule has 3 rings (SSSR count). The summed E-state index contributed by atoms with van der Waals surface area (Å²) < 4.78 is 0. The number of carbonyl (C=O) groups is 1. The molecule has 6 heteroatoms. The minimum absolute atomic E-state index is 0.236. The van der Waals surface area contributed by atoms with Crippen molar-refractivity contribution in [3.05, 3.63) is 87.4 Å². The molecule has 0 radical (unpaired) electrons. The summed E-state index contributed by atoms with van der Waals surface area (Å²) in [6, 6.07) is 18.9. The first-order valence-corrected chi connectivity index (χ1v) is 9.94. The maximum absolute atomic E-state index is 11.6. The number of hydrogen-bond acceptors (Lipinski definition) is 3. The molecular formula is C23H22Cl2N2O2. The fourth-order valence-electron chi connectivity index (χ4n) is 3.11. The van der Waals surface area contributed by atoms with Crippen LogP contribution in [0.4, 0.5) is 17.1 Å². The molecule has 0 aromatic heterocycles. The number of para-hydroxylation sites is 1. The fourth-order valence-corrected chi connectivity index (χ4v) is 3.43. The Morgan fingerprint density at radius 1 is 0.931 bits per heavy atom. The van der Waals surface area contributed by atoms with Crippen molar-refractivity contribution in [2.75, 3.05) is 24.3 Å². The summed E-state index contributed by atoms with van der Waals surface area (Å²) in [5, 5.41) is 13.9. The van der Waals surface area contributed by atoms with Gasteiger partial charge in [-0.05, 0) is 60.4 Å². The van der Waals surface area contributed by atoms with Gasteiger partial charge in [-0.25, -0.2) is 4.79 Å². The third-order valence-electron chi connectivity index (χ3n) is 4.66. The molecule has 0 fully saturated rings. The van der Waals surface area contributed by atoms with Gasteiger partial charge in [0.2, 0.25) is 0 Å². The van der Waals surface area contributed by atoms with Crippen LogP contribution in [0, 0.1) is 0 Å². The van der Waals surface area contributed by atoms with Crippen LogP contribution in [0.5, 0.6) is 0 Å². The van der Waals surface area contributed by atoms with E-state index in [0.717, 1.165) is 29.8 Å². The molecule has 0 aliphatic carbocycles. The van der Waals surface area contributed by atoms with Crippen molar-refractivity contribution in [2.45, 2.75) is 12.8 Å². The SMILES string of the molecule is CN(C)c1cccc(C(=O)O)c1Nc1ccc(CCc2ccc(Cl)c(Cl)c2)cc1. The summed E-state index contributed by atoms with van der Waals surface area (Å²) in [6.45, 7) is 0. The number of carboxylic acids is 1. The molecule has 0 unspecified atom stereocenters. The lowest BCUT2D eigenvalue weighted by Gasteiger charge is -2.20. The Labute approximate surface area is 180 Å². The lowest BCUT2D eigenvalue weighted by atomic mass is 10.0. The van der Waals surface area contributed by atoms with E-state index in [2.05, 4.69) is 5.32 Å². The first kappa shape index (κ1) is 21.0. The van der Waals surface area contributed by atoms with E-state index in [4.69, 9.17) is 23.2 Å². The second-order valence-corrected chi connectivity index (χ2v) is 7.78. The van der Waals surface area contributed by atoms with Crippen molar-refractivity contribution in [2.24, 2.45) is 0 Å². The smallest absolute Gasteiger partial charge is 0.337 e. The largest absolute Gasteiger partial charge is 0.478 e. The van der Waals surface area contributed by atoms with Gasteiger partial charge in [-0.1, -0.05) is 47.5 Å². The number of halogens is 2. The standard InChI is InChI=1S/C23H22Cl2N2O2/c1-27(2)21-5-3-4-18(23(28)29)22(21)26-17-11-8-15(9-12-17)6-7-16-10-13-19(24)20(25)14-16/h3-5,8-14,26H,6-7H2,1-2H3,(H,28,29). The molecule has 0 spiro atoms. The van der Waals surface area contributed by atoms with Crippen LogP contribution in [0.15, 0.2) is 60.7 Å². The summed E-state index contributed by atoms with van der Waals surface area (Å²) in [4.78, 5) is 13.5. The van der Waals surface area contributed by atoms with E-state index in [1.165, 1.54) is 5.56 Å². The van der Waals surface area contributed by atoms with E-state index in [1.807, 2.05) is 67.5 Å². The topological polar surface area (TPSA) is 52.6 Å². The zero-order chi connectivity index (χ0) is 21.0. The van der Waals surface area contributed by atoms with Gasteiger partial charge in [0.25, 0.3) is 0 Å². The van der Waals surface area contributed by atoms with E-state index in [0.29, 0.717) is 15.7 Å². The Hall–Kier alpha value is -2.69. The van der Waals surface area contributed by atoms with Crippen LogP contribution >= 0.6 is 23.2 Å². The predicted octanol–water partition coefficient (Wildman–Crippen LogP) is 6.29. The second-order valence-electron chi connectivity index (χ2n) is 6.97. The molecule has 0 saturated carbocycles. The molecule has 3 aromatic carbocycles. The van der Waals surface area contributed by atoms with E-state index in [9.17, 15) is 9.90 Å². The summed E-state index contributed by atoms with van der Waals surface area (Å²) >= 11 is 12.0. The molecule has 0 amide bonds. The van der Waals surface area contributed by atoms with Gasteiger partial charge in [-0.2, -0.15) is 0 Å². The maximum atomic E-state index is 11.6. The maximum Gasteiger partial charge on any atom is 0.337 e. The van der Waals surface area contributed by atoms with E-state index in [1.54, 1.807) is 12.1 Å². The second kappa shape index (κ2) is 9.21. The Morgan fingerprint density at radius 2 is 1.59 bits per heavy atom. The Morgan fingerprint density at radius 3 is 2.21 bits per heavy atom. The Kier molecular flexibility index (Phi) is 6.68. The highest BCUT2D eigenvalue weighted by Gasteiger charge is 2.15. The van der Waals surface area contributed by atoms with Gasteiger partial charge >= 0.3 is 5.97 Å². The van der Waals surface area contributed by atoms with Gasteiger partial charge in [0.05, 0.1) is 27.0 Å². The molecular weight excluding hydrogens is 407 g/mol. The zero-order valence-corrected chi connectivity index (χ0v) is 17.8. The summed E-state index contributed by atoms with van der Waals surface area (Å²) in [6.07, 6.45) is 1.73. The van der Waals surface area contributed by atoms with Crippen molar-refractivity contribution < 1.29 is 9.90 Å². The number of carboxylic acid groups (broad SMARTS) is 1. The van der Waals surface area contributed by atoms with Crippen LogP contribution in [-0.2, 0) is 12.8 Å². The minimum atomic E-state index is -0.963. The normalized spacial score (nSPS) is 10.6. The van der Waals surface area contributed by atoms with Crippen molar-refractivity contribution >= 4 is 46.2 Å². The molecule has 0 saturated heterocycles. The summed E-state index contributed by atoms with van der Waals surface area (Å²) in [5.41, 5.74) is 4.77. The fraction of sp³-hybridized carbons (Fsp3) is 0.174. The lowest BCUT2D eigenvalue weighted by molar-refractivity contribution is 0.0698. The molecule has 150 valence electrons. The zero-order valence-electron chi connectivity index (χ0n) is 16.2. The molecule has 0 atom stereocenters. The number of benzene rings is 3. The molecule has 2 N–H and O–H groups in total. The van der Waals surface area contributed by atoms with Gasteiger partial charge in [-0.3, -0.25) is 0 Å². The van der Waals surface area contributed by atoms with Crippen molar-refractivity contribution in [3.8, 4) is 0 Å². The van der Waals surface area contributed by atoms with Crippen LogP contribution < -0.4 is 10.2 Å². The number of nitrogens with zero attached hydrogens (tertiary/aromatic N) is 1. The number of hydrogen-bond donors (Lipinski definition) is 2. The van der Waals surface area contributed by atoms with E-state index >= 15 is 0 Å². The molecule has 0 heterocycles. The lowest BCUT2D eigenvalue weighted by Crippen LogP contribution is -2.13. The average molecular weight is 429 g/mol. The molecule has 0 aliphatic heterocycles. The number of aryl methyl sites for hydroxylation is 2. The highest BCUT2D eigenvalue weighted by atomic mass is 35.5. The molecule has 4 nitrogen and oxygen atoms in total. The molecule has 29 heavy (non-hydrogen) atoms. The third-order valence-corrected chi connectivity index (χ3v) is 5.40. The third kappa shape index (κ3) is 5.22. The molecule has 0 aliphatic rings. The number of anilines is 3. The number of nitrogens with one attached hydrogen (secondary N) is 1. The minimum Gasteiger partial charge on any atom is -0.478 e. The summed E-state index contributed by atoms with van der Waals surface area (Å²) in [5.74, 6) is -0.963. The van der Waals surface area contributed by atoms with Gasteiger partial charge in [0.15, 0.2) is 0 Å². The summed E-state index contributed by atoms with van der Waals surface area (Å²) in [7, 11) is 3.77. The highest BCUT2D eigenvalue weighted by molar-refractivity contribution is 6.42. The quantitative estimate of drug-likeness (QED) is 0.464. The highest BCUT2D eigenvalue weighted by Crippen LogP contribution is 2.31. The first-order valence-electron chi connectivity index (χ1n) is 9.18. The van der Waals surface area contributed by atoms with Crippen LogP contribution in [0.1, 0.15) is 21.5 Å². The van der Waals surface area contributed by atoms with E-state index < -0.39 is 5.97 Å². The first-order chi connectivity index (χ1) is 13.8. The van der Waals surface area contributed by atoms with Crippen LogP contribution in [0.3, 0.4) is 0 Å². The van der Waals surface area contributed by atoms with E-state index in [-0.39, 0.29) is 5.56 Å². The van der Waals surface area contributed by atoms with Gasteiger partial charge < -0.3 is 15.3 Å². The van der Waals surface area contributed by atoms with Crippen LogP contribution in [0.2, 0.25) is 10.0 Å². The van der Waals surface area contributed by atoms with Crippen LogP contribution in [-0.4, -0.2) is 25.2 Å². The van der Waals surface area contributed by atoms with Crippen molar-refractivity contribution in [3.63, 3.8) is 0 Å².